The lowest BCUT2D eigenvalue weighted by molar-refractivity contribution is -0.131. The van der Waals surface area contributed by atoms with Crippen LogP contribution in [0.4, 0.5) is 4.39 Å². The number of aryl methyl sites for hydroxylation is 1. The topological polar surface area (TPSA) is 46.5 Å². The lowest BCUT2D eigenvalue weighted by Gasteiger charge is -2.10. The van der Waals surface area contributed by atoms with Gasteiger partial charge < -0.3 is 9.84 Å². The van der Waals surface area contributed by atoms with E-state index in [0.29, 0.717) is 27.6 Å². The average Bonchev–Trinajstić information content (AvgIpc) is 2.42. The van der Waals surface area contributed by atoms with E-state index in [4.69, 9.17) is 21.4 Å². The Hall–Kier alpha value is -2.33. The Morgan fingerprint density at radius 2 is 2.10 bits per heavy atom. The van der Waals surface area contributed by atoms with Crippen molar-refractivity contribution < 1.29 is 19.0 Å². The van der Waals surface area contributed by atoms with Gasteiger partial charge in [0.05, 0.1) is 5.02 Å². The number of hydrogen-bond donors (Lipinski definition) is 1. The molecule has 3 nitrogen and oxygen atoms in total. The van der Waals surface area contributed by atoms with Crippen LogP contribution < -0.4 is 4.74 Å². The monoisotopic (exact) mass is 306 g/mol. The standard InChI is InChI=1S/C16H12ClFO3/c1-10-5-6-11(9-14(10)18)21-15-4-2-3-13(17)12(15)7-8-16(19)20/h2-9H,1H3,(H,19,20)/b8-7+. The zero-order valence-electron chi connectivity index (χ0n) is 11.1. The third kappa shape index (κ3) is 3.83. The van der Waals surface area contributed by atoms with Crippen LogP contribution in [-0.4, -0.2) is 11.1 Å². The molecule has 0 aliphatic rings. The normalized spacial score (nSPS) is 10.8. The summed E-state index contributed by atoms with van der Waals surface area (Å²) >= 11 is 6.04. The molecule has 0 bridgehead atoms. The molecular weight excluding hydrogens is 295 g/mol. The second kappa shape index (κ2) is 6.41. The van der Waals surface area contributed by atoms with E-state index in [0.717, 1.165) is 6.08 Å². The number of ether oxygens (including phenoxy) is 1. The zero-order valence-corrected chi connectivity index (χ0v) is 11.9. The molecule has 1 N–H and O–H groups in total. The van der Waals surface area contributed by atoms with Gasteiger partial charge in [0.15, 0.2) is 0 Å². The molecule has 5 heteroatoms. The number of aliphatic carboxylic acids is 1. The van der Waals surface area contributed by atoms with Crippen molar-refractivity contribution in [2.24, 2.45) is 0 Å². The van der Waals surface area contributed by atoms with E-state index in [1.165, 1.54) is 12.1 Å². The summed E-state index contributed by atoms with van der Waals surface area (Å²) < 4.78 is 19.1. The third-order valence-electron chi connectivity index (χ3n) is 2.78. The first kappa shape index (κ1) is 15.1. The average molecular weight is 307 g/mol. The summed E-state index contributed by atoms with van der Waals surface area (Å²) in [6, 6.07) is 9.41. The molecule has 2 aromatic rings. The molecule has 0 aliphatic heterocycles. The van der Waals surface area contributed by atoms with Gasteiger partial charge in [-0.2, -0.15) is 0 Å². The minimum absolute atomic E-state index is 0.311. The van der Waals surface area contributed by atoms with Gasteiger partial charge in [-0.15, -0.1) is 0 Å². The maximum absolute atomic E-state index is 13.5. The van der Waals surface area contributed by atoms with E-state index in [9.17, 15) is 9.18 Å². The minimum Gasteiger partial charge on any atom is -0.478 e. The van der Waals surface area contributed by atoms with E-state index < -0.39 is 5.97 Å². The second-order valence-electron chi connectivity index (χ2n) is 4.34. The van der Waals surface area contributed by atoms with Crippen LogP contribution in [0.3, 0.4) is 0 Å². The van der Waals surface area contributed by atoms with Crippen molar-refractivity contribution >= 4 is 23.6 Å². The van der Waals surface area contributed by atoms with E-state index in [2.05, 4.69) is 0 Å². The van der Waals surface area contributed by atoms with Gasteiger partial charge in [0, 0.05) is 17.7 Å². The van der Waals surface area contributed by atoms with Gasteiger partial charge in [-0.25, -0.2) is 9.18 Å². The van der Waals surface area contributed by atoms with Gasteiger partial charge >= 0.3 is 5.97 Å². The Bertz CT molecular complexity index is 711. The summed E-state index contributed by atoms with van der Waals surface area (Å²) in [5.74, 6) is -0.812. The molecule has 0 saturated carbocycles. The van der Waals surface area contributed by atoms with Crippen molar-refractivity contribution in [1.29, 1.82) is 0 Å². The quantitative estimate of drug-likeness (QED) is 0.834. The summed E-state index contributed by atoms with van der Waals surface area (Å²) in [7, 11) is 0. The molecule has 0 aliphatic carbocycles. The van der Waals surface area contributed by atoms with Crippen molar-refractivity contribution in [3.8, 4) is 11.5 Å². The van der Waals surface area contributed by atoms with Gasteiger partial charge in [0.2, 0.25) is 0 Å². The first-order valence-electron chi connectivity index (χ1n) is 6.11. The predicted octanol–water partition coefficient (Wildman–Crippen LogP) is 4.68. The molecule has 0 unspecified atom stereocenters. The predicted molar refractivity (Wildman–Crippen MR) is 79.3 cm³/mol. The molecule has 0 fully saturated rings. The molecule has 0 heterocycles. The lowest BCUT2D eigenvalue weighted by Crippen LogP contribution is -1.92. The highest BCUT2D eigenvalue weighted by Crippen LogP contribution is 2.32. The fourth-order valence-corrected chi connectivity index (χ4v) is 1.92. The first-order chi connectivity index (χ1) is 9.97. The Balaban J connectivity index is 2.37. The summed E-state index contributed by atoms with van der Waals surface area (Å²) in [4.78, 5) is 10.6. The maximum Gasteiger partial charge on any atom is 0.328 e. The molecule has 0 spiro atoms. The smallest absolute Gasteiger partial charge is 0.328 e. The molecule has 0 saturated heterocycles. The fraction of sp³-hybridized carbons (Fsp3) is 0.0625. The van der Waals surface area contributed by atoms with Crippen molar-refractivity contribution in [3.63, 3.8) is 0 Å². The number of halogens is 2. The number of carbonyl (C=O) groups is 1. The van der Waals surface area contributed by atoms with Crippen LogP contribution in [0, 0.1) is 12.7 Å². The van der Waals surface area contributed by atoms with Crippen LogP contribution in [0.1, 0.15) is 11.1 Å². The largest absolute Gasteiger partial charge is 0.478 e. The SMILES string of the molecule is Cc1ccc(Oc2cccc(Cl)c2/C=C/C(=O)O)cc1F. The zero-order chi connectivity index (χ0) is 15.4. The summed E-state index contributed by atoms with van der Waals surface area (Å²) in [5, 5.41) is 9.04. The highest BCUT2D eigenvalue weighted by Gasteiger charge is 2.08. The highest BCUT2D eigenvalue weighted by atomic mass is 35.5. The van der Waals surface area contributed by atoms with Crippen molar-refractivity contribution in [2.75, 3.05) is 0 Å². The lowest BCUT2D eigenvalue weighted by atomic mass is 10.1. The Labute approximate surface area is 126 Å². The molecule has 108 valence electrons. The maximum atomic E-state index is 13.5. The number of carboxylic acid groups (broad SMARTS) is 1. The van der Waals surface area contributed by atoms with E-state index in [1.54, 1.807) is 37.3 Å². The van der Waals surface area contributed by atoms with Crippen LogP contribution in [0.5, 0.6) is 11.5 Å². The van der Waals surface area contributed by atoms with Crippen molar-refractivity contribution in [1.82, 2.24) is 0 Å². The molecule has 0 amide bonds. The van der Waals surface area contributed by atoms with Crippen LogP contribution in [0.25, 0.3) is 6.08 Å². The summed E-state index contributed by atoms with van der Waals surface area (Å²) in [6.45, 7) is 1.65. The van der Waals surface area contributed by atoms with Gasteiger partial charge in [-0.1, -0.05) is 23.7 Å². The van der Waals surface area contributed by atoms with Crippen LogP contribution in [0.15, 0.2) is 42.5 Å². The molecule has 2 aromatic carbocycles. The number of benzene rings is 2. The Kier molecular flexibility index (Phi) is 4.60. The van der Waals surface area contributed by atoms with E-state index in [1.807, 2.05) is 0 Å². The van der Waals surface area contributed by atoms with Crippen molar-refractivity contribution in [2.45, 2.75) is 6.92 Å². The number of carboxylic acids is 1. The molecule has 0 aromatic heterocycles. The molecule has 0 atom stereocenters. The van der Waals surface area contributed by atoms with Crippen LogP contribution in [0.2, 0.25) is 5.02 Å². The van der Waals surface area contributed by atoms with Gasteiger partial charge in [0.25, 0.3) is 0 Å². The molecule has 0 radical (unpaired) electrons. The fourth-order valence-electron chi connectivity index (χ4n) is 1.69. The summed E-state index contributed by atoms with van der Waals surface area (Å²) in [6.07, 6.45) is 2.30. The Morgan fingerprint density at radius 1 is 1.33 bits per heavy atom. The van der Waals surface area contributed by atoms with Crippen molar-refractivity contribution in [3.05, 3.63) is 64.4 Å². The number of hydrogen-bond acceptors (Lipinski definition) is 2. The third-order valence-corrected chi connectivity index (χ3v) is 3.11. The van der Waals surface area contributed by atoms with Gasteiger partial charge in [-0.05, 0) is 36.8 Å². The summed E-state index contributed by atoms with van der Waals surface area (Å²) in [5.41, 5.74) is 0.932. The second-order valence-corrected chi connectivity index (χ2v) is 4.74. The molecule has 21 heavy (non-hydrogen) atoms. The van der Waals surface area contributed by atoms with Crippen LogP contribution in [-0.2, 0) is 4.79 Å². The van der Waals surface area contributed by atoms with Crippen LogP contribution >= 0.6 is 11.6 Å². The Morgan fingerprint density at radius 3 is 2.76 bits per heavy atom. The van der Waals surface area contributed by atoms with Gasteiger partial charge in [-0.3, -0.25) is 0 Å². The van der Waals surface area contributed by atoms with Gasteiger partial charge in [0.1, 0.15) is 17.3 Å². The highest BCUT2D eigenvalue weighted by molar-refractivity contribution is 6.32. The molecular formula is C16H12ClFO3. The van der Waals surface area contributed by atoms with E-state index in [-0.39, 0.29) is 5.82 Å². The minimum atomic E-state index is -1.10. The first-order valence-corrected chi connectivity index (χ1v) is 6.48. The number of rotatable bonds is 4. The molecule has 2 rings (SSSR count). The van der Waals surface area contributed by atoms with E-state index >= 15 is 0 Å².